The van der Waals surface area contributed by atoms with Gasteiger partial charge in [0.15, 0.2) is 0 Å². The Balaban J connectivity index is 1.76. The molecule has 2 nitrogen and oxygen atoms in total. The largest absolute Gasteiger partial charge is 0.308 e. The second-order valence-corrected chi connectivity index (χ2v) is 7.14. The molecule has 1 aliphatic carbocycles. The summed E-state index contributed by atoms with van der Waals surface area (Å²) in [6.45, 7) is 4.47. The van der Waals surface area contributed by atoms with E-state index in [2.05, 4.69) is 25.2 Å². The van der Waals surface area contributed by atoms with Gasteiger partial charge in [-0.25, -0.2) is 0 Å². The summed E-state index contributed by atoms with van der Waals surface area (Å²) in [6, 6.07) is 8.70. The van der Waals surface area contributed by atoms with Gasteiger partial charge in [-0.2, -0.15) is 0 Å². The number of allylic oxidation sites excluding steroid dienone is 1. The van der Waals surface area contributed by atoms with Crippen LogP contribution in [0.1, 0.15) is 51.5 Å². The van der Waals surface area contributed by atoms with Crippen LogP contribution in [0.15, 0.2) is 36.4 Å². The first kappa shape index (κ1) is 18.2. The van der Waals surface area contributed by atoms with E-state index < -0.39 is 0 Å². The van der Waals surface area contributed by atoms with Crippen LogP contribution in [-0.2, 0) is 6.42 Å². The summed E-state index contributed by atoms with van der Waals surface area (Å²) in [6.07, 6.45) is 11.2. The maximum atomic E-state index is 8.11. The zero-order valence-electron chi connectivity index (χ0n) is 14.3. The third kappa shape index (κ3) is 6.12. The minimum Gasteiger partial charge on any atom is -0.308 e. The average Bonchev–Trinajstić information content (AvgIpc) is 2.56. The van der Waals surface area contributed by atoms with Crippen molar-refractivity contribution in [2.24, 2.45) is 5.92 Å². The molecule has 1 aromatic carbocycles. The second kappa shape index (κ2) is 9.24. The number of hydrogen-bond donors (Lipinski definition) is 2. The normalized spacial score (nSPS) is 23.1. The van der Waals surface area contributed by atoms with Gasteiger partial charge < -0.3 is 10.7 Å². The van der Waals surface area contributed by atoms with Crippen LogP contribution < -0.4 is 5.32 Å². The SMILES string of the molecule is CCC1CCC(NC(C)/C=C\C(=N)Cc2ccccc2Cl)CC1. The van der Waals surface area contributed by atoms with Crippen molar-refractivity contribution in [3.05, 3.63) is 47.0 Å². The summed E-state index contributed by atoms with van der Waals surface area (Å²) in [5, 5.41) is 12.5. The zero-order chi connectivity index (χ0) is 16.7. The first-order chi connectivity index (χ1) is 11.1. The van der Waals surface area contributed by atoms with Gasteiger partial charge in [0.1, 0.15) is 0 Å². The molecule has 126 valence electrons. The van der Waals surface area contributed by atoms with Crippen LogP contribution >= 0.6 is 11.6 Å². The summed E-state index contributed by atoms with van der Waals surface area (Å²) < 4.78 is 0. The standard InChI is InChI=1S/C20H29ClN2/c1-3-16-9-12-19(13-10-16)23-15(2)8-11-18(22)14-17-6-4-5-7-20(17)21/h4-8,11,15-16,19,22-23H,3,9-10,12-14H2,1-2H3/b11-8-,22-18?. The smallest absolute Gasteiger partial charge is 0.0441 e. The monoisotopic (exact) mass is 332 g/mol. The van der Waals surface area contributed by atoms with E-state index in [0.717, 1.165) is 16.5 Å². The molecule has 2 rings (SSSR count). The maximum Gasteiger partial charge on any atom is 0.0441 e. The maximum absolute atomic E-state index is 8.11. The van der Waals surface area contributed by atoms with Crippen molar-refractivity contribution >= 4 is 17.3 Å². The van der Waals surface area contributed by atoms with Crippen LogP contribution in [0.2, 0.25) is 5.02 Å². The summed E-state index contributed by atoms with van der Waals surface area (Å²) in [5.74, 6) is 0.933. The van der Waals surface area contributed by atoms with Crippen LogP contribution in [0.5, 0.6) is 0 Å². The van der Waals surface area contributed by atoms with Crippen LogP contribution in [0.4, 0.5) is 0 Å². The fourth-order valence-corrected chi connectivity index (χ4v) is 3.53. The summed E-state index contributed by atoms with van der Waals surface area (Å²) >= 11 is 6.15. The summed E-state index contributed by atoms with van der Waals surface area (Å²) in [5.41, 5.74) is 1.61. The van der Waals surface area contributed by atoms with Crippen LogP contribution in [0.3, 0.4) is 0 Å². The quantitative estimate of drug-likeness (QED) is 0.644. The van der Waals surface area contributed by atoms with E-state index in [-0.39, 0.29) is 0 Å². The predicted octanol–water partition coefficient (Wildman–Crippen LogP) is 5.41. The third-order valence-corrected chi connectivity index (χ3v) is 5.22. The minimum atomic E-state index is 0.310. The number of nitrogens with one attached hydrogen (secondary N) is 2. The van der Waals surface area contributed by atoms with Gasteiger partial charge in [0, 0.05) is 29.2 Å². The van der Waals surface area contributed by atoms with E-state index in [4.69, 9.17) is 17.0 Å². The van der Waals surface area contributed by atoms with Crippen molar-refractivity contribution in [3.8, 4) is 0 Å². The number of benzene rings is 1. The predicted molar refractivity (Wildman–Crippen MR) is 101 cm³/mol. The van der Waals surface area contributed by atoms with E-state index in [1.54, 1.807) is 0 Å². The number of halogens is 1. The summed E-state index contributed by atoms with van der Waals surface area (Å²) in [4.78, 5) is 0. The first-order valence-corrected chi connectivity index (χ1v) is 9.21. The molecule has 3 heteroatoms. The van der Waals surface area contributed by atoms with Crippen molar-refractivity contribution in [1.29, 1.82) is 5.41 Å². The molecule has 0 heterocycles. The fraction of sp³-hybridized carbons (Fsp3) is 0.550. The highest BCUT2D eigenvalue weighted by Crippen LogP contribution is 2.26. The van der Waals surface area contributed by atoms with Gasteiger partial charge in [-0.1, -0.05) is 49.2 Å². The molecule has 0 saturated heterocycles. The molecule has 0 spiro atoms. The molecule has 23 heavy (non-hydrogen) atoms. The van der Waals surface area contributed by atoms with E-state index in [1.807, 2.05) is 30.3 Å². The van der Waals surface area contributed by atoms with Crippen molar-refractivity contribution < 1.29 is 0 Å². The fourth-order valence-electron chi connectivity index (χ4n) is 3.33. The highest BCUT2D eigenvalue weighted by molar-refractivity contribution is 6.31. The molecule has 0 radical (unpaired) electrons. The molecule has 2 N–H and O–H groups in total. The molecule has 0 bridgehead atoms. The number of rotatable bonds is 7. The Morgan fingerprint density at radius 1 is 1.30 bits per heavy atom. The Bertz CT molecular complexity index is 530. The lowest BCUT2D eigenvalue weighted by atomic mass is 9.84. The molecule has 0 amide bonds. The molecule has 1 fully saturated rings. The molecule has 1 aliphatic rings. The van der Waals surface area contributed by atoms with Crippen molar-refractivity contribution in [3.63, 3.8) is 0 Å². The third-order valence-electron chi connectivity index (χ3n) is 4.85. The minimum absolute atomic E-state index is 0.310. The molecule has 0 aromatic heterocycles. The van der Waals surface area contributed by atoms with Gasteiger partial charge in [-0.3, -0.25) is 0 Å². The highest BCUT2D eigenvalue weighted by atomic mass is 35.5. The molecular formula is C20H29ClN2. The van der Waals surface area contributed by atoms with Crippen LogP contribution in [-0.4, -0.2) is 17.8 Å². The van der Waals surface area contributed by atoms with Gasteiger partial charge in [0.2, 0.25) is 0 Å². The second-order valence-electron chi connectivity index (χ2n) is 6.73. The Labute approximate surface area is 145 Å². The Morgan fingerprint density at radius 2 is 2.00 bits per heavy atom. The summed E-state index contributed by atoms with van der Waals surface area (Å²) in [7, 11) is 0. The van der Waals surface area contributed by atoms with E-state index >= 15 is 0 Å². The molecule has 1 aromatic rings. The topological polar surface area (TPSA) is 35.9 Å². The Hall–Kier alpha value is -1.12. The van der Waals surface area contributed by atoms with Gasteiger partial charge in [-0.05, 0) is 56.2 Å². The van der Waals surface area contributed by atoms with Gasteiger partial charge in [0.25, 0.3) is 0 Å². The average molecular weight is 333 g/mol. The molecule has 0 aliphatic heterocycles. The lowest BCUT2D eigenvalue weighted by Gasteiger charge is -2.30. The number of hydrogen-bond acceptors (Lipinski definition) is 2. The molecule has 1 unspecified atom stereocenters. The Kier molecular flexibility index (Phi) is 7.32. The van der Waals surface area contributed by atoms with Crippen LogP contribution in [0, 0.1) is 11.3 Å². The zero-order valence-corrected chi connectivity index (χ0v) is 15.1. The first-order valence-electron chi connectivity index (χ1n) is 8.83. The van der Waals surface area contributed by atoms with Crippen molar-refractivity contribution in [1.82, 2.24) is 5.32 Å². The van der Waals surface area contributed by atoms with Gasteiger partial charge >= 0.3 is 0 Å². The van der Waals surface area contributed by atoms with E-state index in [0.29, 0.717) is 24.2 Å². The van der Waals surface area contributed by atoms with E-state index in [1.165, 1.54) is 32.1 Å². The molecule has 1 atom stereocenters. The van der Waals surface area contributed by atoms with Crippen molar-refractivity contribution in [2.75, 3.05) is 0 Å². The lowest BCUT2D eigenvalue weighted by molar-refractivity contribution is 0.280. The highest BCUT2D eigenvalue weighted by Gasteiger charge is 2.20. The van der Waals surface area contributed by atoms with Crippen molar-refractivity contribution in [2.45, 2.75) is 64.5 Å². The van der Waals surface area contributed by atoms with Gasteiger partial charge in [0.05, 0.1) is 0 Å². The lowest BCUT2D eigenvalue weighted by Crippen LogP contribution is -2.38. The molecular weight excluding hydrogens is 304 g/mol. The van der Waals surface area contributed by atoms with Gasteiger partial charge in [-0.15, -0.1) is 0 Å². The van der Waals surface area contributed by atoms with E-state index in [9.17, 15) is 0 Å². The van der Waals surface area contributed by atoms with Crippen LogP contribution in [0.25, 0.3) is 0 Å². The Morgan fingerprint density at radius 3 is 2.65 bits per heavy atom. The molecule has 1 saturated carbocycles.